The standard InChI is InChI=1S/C11H16N4O3/c1-2-18-9-8(10(16)17)7-13-11(14-9)15-5-3-12-4-6-15/h7,12H,2-6H2,1H3,(H,16,17). The number of carboxylic acid groups (broad SMARTS) is 1. The van der Waals surface area contributed by atoms with Crippen LogP contribution in [0.5, 0.6) is 5.88 Å². The fourth-order valence-corrected chi connectivity index (χ4v) is 1.77. The van der Waals surface area contributed by atoms with Crippen molar-refractivity contribution in [1.82, 2.24) is 15.3 Å². The molecule has 2 rings (SSSR count). The van der Waals surface area contributed by atoms with Gasteiger partial charge in [-0.25, -0.2) is 9.78 Å². The topological polar surface area (TPSA) is 87.6 Å². The maximum atomic E-state index is 11.0. The van der Waals surface area contributed by atoms with Crippen molar-refractivity contribution in [2.75, 3.05) is 37.7 Å². The lowest BCUT2D eigenvalue weighted by Crippen LogP contribution is -2.44. The zero-order valence-electron chi connectivity index (χ0n) is 10.2. The third-order valence-corrected chi connectivity index (χ3v) is 2.65. The largest absolute Gasteiger partial charge is 0.477 e. The molecule has 18 heavy (non-hydrogen) atoms. The number of hydrogen-bond acceptors (Lipinski definition) is 6. The number of carbonyl (C=O) groups is 1. The van der Waals surface area contributed by atoms with Gasteiger partial charge in [-0.05, 0) is 6.92 Å². The molecule has 0 amide bonds. The third kappa shape index (κ3) is 2.67. The van der Waals surface area contributed by atoms with E-state index >= 15 is 0 Å². The smallest absolute Gasteiger partial charge is 0.342 e. The summed E-state index contributed by atoms with van der Waals surface area (Å²) in [6.45, 7) is 5.51. The second-order valence-electron chi connectivity index (χ2n) is 3.86. The Morgan fingerprint density at radius 2 is 2.28 bits per heavy atom. The number of anilines is 1. The monoisotopic (exact) mass is 252 g/mol. The Kier molecular flexibility index (Phi) is 3.93. The second-order valence-corrected chi connectivity index (χ2v) is 3.86. The van der Waals surface area contributed by atoms with E-state index in [1.54, 1.807) is 6.92 Å². The maximum absolute atomic E-state index is 11.0. The average molecular weight is 252 g/mol. The molecule has 1 aliphatic heterocycles. The van der Waals surface area contributed by atoms with Gasteiger partial charge in [0.25, 0.3) is 0 Å². The Balaban J connectivity index is 2.26. The molecule has 1 aromatic heterocycles. The summed E-state index contributed by atoms with van der Waals surface area (Å²) in [6, 6.07) is 0. The van der Waals surface area contributed by atoms with Gasteiger partial charge in [0, 0.05) is 26.2 Å². The molecule has 0 bridgehead atoms. The SMILES string of the molecule is CCOc1nc(N2CCNCC2)ncc1C(=O)O. The van der Waals surface area contributed by atoms with Crippen LogP contribution in [0.2, 0.25) is 0 Å². The van der Waals surface area contributed by atoms with Gasteiger partial charge in [0.2, 0.25) is 11.8 Å². The fraction of sp³-hybridized carbons (Fsp3) is 0.545. The van der Waals surface area contributed by atoms with Crippen molar-refractivity contribution in [2.24, 2.45) is 0 Å². The minimum Gasteiger partial charge on any atom is -0.477 e. The van der Waals surface area contributed by atoms with Crippen molar-refractivity contribution in [1.29, 1.82) is 0 Å². The van der Waals surface area contributed by atoms with E-state index in [9.17, 15) is 4.79 Å². The van der Waals surface area contributed by atoms with Gasteiger partial charge in [-0.15, -0.1) is 0 Å². The summed E-state index contributed by atoms with van der Waals surface area (Å²) in [5.41, 5.74) is -0.00395. The zero-order chi connectivity index (χ0) is 13.0. The molecule has 0 aliphatic carbocycles. The lowest BCUT2D eigenvalue weighted by atomic mass is 10.3. The molecule has 1 saturated heterocycles. The van der Waals surface area contributed by atoms with E-state index in [4.69, 9.17) is 9.84 Å². The number of nitrogens with one attached hydrogen (secondary N) is 1. The summed E-state index contributed by atoms with van der Waals surface area (Å²) in [7, 11) is 0. The van der Waals surface area contributed by atoms with E-state index in [1.807, 2.05) is 4.90 Å². The van der Waals surface area contributed by atoms with Gasteiger partial charge in [-0.3, -0.25) is 0 Å². The van der Waals surface area contributed by atoms with Crippen LogP contribution < -0.4 is 15.0 Å². The quantitative estimate of drug-likeness (QED) is 0.778. The number of aromatic carboxylic acids is 1. The number of piperazine rings is 1. The number of carboxylic acids is 1. The highest BCUT2D eigenvalue weighted by molar-refractivity contribution is 5.89. The normalized spacial score (nSPS) is 15.5. The van der Waals surface area contributed by atoms with E-state index in [1.165, 1.54) is 6.20 Å². The summed E-state index contributed by atoms with van der Waals surface area (Å²) in [5.74, 6) is -0.427. The number of nitrogens with zero attached hydrogens (tertiary/aromatic N) is 3. The van der Waals surface area contributed by atoms with Crippen molar-refractivity contribution in [3.8, 4) is 5.88 Å². The van der Waals surface area contributed by atoms with Crippen LogP contribution in [0.1, 0.15) is 17.3 Å². The molecule has 1 fully saturated rings. The Morgan fingerprint density at radius 1 is 1.56 bits per heavy atom. The predicted molar refractivity (Wildman–Crippen MR) is 65.2 cm³/mol. The number of aromatic nitrogens is 2. The molecule has 0 spiro atoms. The minimum atomic E-state index is -1.08. The highest BCUT2D eigenvalue weighted by Gasteiger charge is 2.18. The molecule has 7 heteroatoms. The molecule has 2 heterocycles. The van der Waals surface area contributed by atoms with E-state index in [0.29, 0.717) is 12.6 Å². The Bertz CT molecular complexity index is 432. The molecule has 1 aliphatic rings. The first-order chi connectivity index (χ1) is 8.72. The molecule has 0 aromatic carbocycles. The van der Waals surface area contributed by atoms with Gasteiger partial charge in [-0.1, -0.05) is 0 Å². The van der Waals surface area contributed by atoms with Gasteiger partial charge in [-0.2, -0.15) is 4.98 Å². The fourth-order valence-electron chi connectivity index (χ4n) is 1.77. The predicted octanol–water partition coefficient (Wildman–Crippen LogP) is -0.0169. The highest BCUT2D eigenvalue weighted by Crippen LogP contribution is 2.19. The molecular weight excluding hydrogens is 236 g/mol. The summed E-state index contributed by atoms with van der Waals surface area (Å²) < 4.78 is 5.26. The average Bonchev–Trinajstić information content (AvgIpc) is 2.40. The van der Waals surface area contributed by atoms with E-state index in [-0.39, 0.29) is 11.4 Å². The summed E-state index contributed by atoms with van der Waals surface area (Å²) >= 11 is 0. The van der Waals surface area contributed by atoms with Crippen molar-refractivity contribution < 1.29 is 14.6 Å². The Morgan fingerprint density at radius 3 is 2.89 bits per heavy atom. The molecular formula is C11H16N4O3. The van der Waals surface area contributed by atoms with Gasteiger partial charge in [0.05, 0.1) is 12.8 Å². The highest BCUT2D eigenvalue weighted by atomic mass is 16.5. The van der Waals surface area contributed by atoms with Gasteiger partial charge in [0.15, 0.2) is 0 Å². The molecule has 7 nitrogen and oxygen atoms in total. The van der Waals surface area contributed by atoms with Crippen LogP contribution in [0.3, 0.4) is 0 Å². The summed E-state index contributed by atoms with van der Waals surface area (Å²) in [4.78, 5) is 21.3. The van der Waals surface area contributed by atoms with E-state index in [2.05, 4.69) is 15.3 Å². The van der Waals surface area contributed by atoms with Crippen LogP contribution in [-0.4, -0.2) is 53.8 Å². The van der Waals surface area contributed by atoms with Crippen LogP contribution in [0, 0.1) is 0 Å². The molecule has 98 valence electrons. The third-order valence-electron chi connectivity index (χ3n) is 2.65. The summed E-state index contributed by atoms with van der Waals surface area (Å²) in [6.07, 6.45) is 1.30. The lowest BCUT2D eigenvalue weighted by Gasteiger charge is -2.27. The molecule has 0 unspecified atom stereocenters. The van der Waals surface area contributed by atoms with E-state index < -0.39 is 5.97 Å². The zero-order valence-corrected chi connectivity index (χ0v) is 10.2. The minimum absolute atomic E-state index is 0.00395. The maximum Gasteiger partial charge on any atom is 0.342 e. The molecule has 0 saturated carbocycles. The van der Waals surface area contributed by atoms with E-state index in [0.717, 1.165) is 26.2 Å². The van der Waals surface area contributed by atoms with Crippen molar-refractivity contribution >= 4 is 11.9 Å². The second kappa shape index (κ2) is 5.63. The van der Waals surface area contributed by atoms with Gasteiger partial charge < -0.3 is 20.1 Å². The first-order valence-corrected chi connectivity index (χ1v) is 5.91. The Labute approximate surface area is 105 Å². The van der Waals surface area contributed by atoms with Crippen LogP contribution in [0.4, 0.5) is 5.95 Å². The van der Waals surface area contributed by atoms with Gasteiger partial charge in [0.1, 0.15) is 5.56 Å². The van der Waals surface area contributed by atoms with Crippen LogP contribution in [0.15, 0.2) is 6.20 Å². The van der Waals surface area contributed by atoms with Crippen molar-refractivity contribution in [3.05, 3.63) is 11.8 Å². The van der Waals surface area contributed by atoms with Crippen molar-refractivity contribution in [2.45, 2.75) is 6.92 Å². The lowest BCUT2D eigenvalue weighted by molar-refractivity contribution is 0.0691. The number of ether oxygens (including phenoxy) is 1. The van der Waals surface area contributed by atoms with Gasteiger partial charge >= 0.3 is 5.97 Å². The van der Waals surface area contributed by atoms with Crippen LogP contribution in [-0.2, 0) is 0 Å². The molecule has 1 aromatic rings. The van der Waals surface area contributed by atoms with Crippen LogP contribution >= 0.6 is 0 Å². The Hall–Kier alpha value is -1.89. The first-order valence-electron chi connectivity index (χ1n) is 5.91. The van der Waals surface area contributed by atoms with Crippen molar-refractivity contribution in [3.63, 3.8) is 0 Å². The summed E-state index contributed by atoms with van der Waals surface area (Å²) in [5, 5.41) is 12.2. The number of hydrogen-bond donors (Lipinski definition) is 2. The van der Waals surface area contributed by atoms with Crippen LogP contribution in [0.25, 0.3) is 0 Å². The molecule has 0 radical (unpaired) electrons. The molecule has 0 atom stereocenters. The number of rotatable bonds is 4. The first kappa shape index (κ1) is 12.6. The molecule has 2 N–H and O–H groups in total.